The maximum atomic E-state index is 11.4. The Morgan fingerprint density at radius 2 is 1.77 bits per heavy atom. The molecule has 0 aliphatic heterocycles. The quantitative estimate of drug-likeness (QED) is 0.123. The summed E-state index contributed by atoms with van der Waals surface area (Å²) in [5, 5.41) is 46.9. The molecule has 0 saturated heterocycles. The van der Waals surface area contributed by atoms with E-state index in [1.807, 2.05) is 0 Å². The normalized spacial score (nSPS) is 10.7. The Labute approximate surface area is 164 Å². The molecule has 20 nitrogen and oxygen atoms in total. The fourth-order valence-corrected chi connectivity index (χ4v) is 2.94. The number of nitrogens with zero attached hydrogens (tertiary/aromatic N) is 13. The van der Waals surface area contributed by atoms with Crippen molar-refractivity contribution in [2.45, 2.75) is 0 Å². The molecule has 4 rings (SSSR count). The molecular weight excluding hydrogens is 424 g/mol. The third-order valence-corrected chi connectivity index (χ3v) is 4.06. The van der Waals surface area contributed by atoms with Crippen molar-refractivity contribution in [3.8, 4) is 0 Å². The first kappa shape index (κ1) is 18.7. The molecule has 1 aromatic carbocycles. The topological polar surface area (TPSA) is 277 Å². The van der Waals surface area contributed by atoms with Crippen LogP contribution in [0.25, 0.3) is 43.1 Å². The zero-order chi connectivity index (χ0) is 22.4. The highest BCUT2D eigenvalue weighted by molar-refractivity contribution is 5.92. The molecule has 0 saturated carbocycles. The fraction of sp³-hybridized carbons (Fsp3) is 0. The van der Waals surface area contributed by atoms with E-state index in [9.17, 15) is 30.3 Å². The highest BCUT2D eigenvalue weighted by Crippen LogP contribution is 2.40. The Balaban J connectivity index is 2.29. The Hall–Kier alpha value is -5.61. The molecule has 0 spiro atoms. The minimum atomic E-state index is -0.984. The molecule has 0 bridgehead atoms. The number of nitrogens with one attached hydrogen (secondary N) is 1. The number of H-pyrrole nitrogens is 1. The molecule has 0 aliphatic carbocycles. The maximum Gasteiger partial charge on any atom is 0.322 e. The van der Waals surface area contributed by atoms with Crippen LogP contribution in [0.2, 0.25) is 0 Å². The third-order valence-electron chi connectivity index (χ3n) is 4.06. The lowest BCUT2D eigenvalue weighted by Crippen LogP contribution is -2.27. The van der Waals surface area contributed by atoms with E-state index in [0.717, 1.165) is 15.3 Å². The first-order chi connectivity index (χ1) is 14.8. The van der Waals surface area contributed by atoms with Gasteiger partial charge in [-0.2, -0.15) is 5.10 Å². The van der Waals surface area contributed by atoms with Gasteiger partial charge in [-0.3, -0.25) is 30.3 Å². The molecule has 0 fully saturated rings. The van der Waals surface area contributed by atoms with E-state index in [-0.39, 0.29) is 22.2 Å². The highest BCUT2D eigenvalue weighted by Gasteiger charge is 2.34. The van der Waals surface area contributed by atoms with Crippen LogP contribution in [0.15, 0.2) is 22.4 Å². The van der Waals surface area contributed by atoms with Gasteiger partial charge in [0.05, 0.1) is 26.9 Å². The minimum absolute atomic E-state index is 0.174. The van der Waals surface area contributed by atoms with Crippen LogP contribution in [0.5, 0.6) is 0 Å². The van der Waals surface area contributed by atoms with Crippen LogP contribution in [-0.2, 0) is 0 Å². The van der Waals surface area contributed by atoms with Crippen LogP contribution < -0.4 is 4.52 Å². The summed E-state index contributed by atoms with van der Waals surface area (Å²) in [4.78, 5) is 40.1. The van der Waals surface area contributed by atoms with E-state index in [1.165, 1.54) is 0 Å². The van der Waals surface area contributed by atoms with Gasteiger partial charge in [-0.1, -0.05) is 0 Å². The predicted octanol–water partition coefficient (Wildman–Crippen LogP) is 2.56. The van der Waals surface area contributed by atoms with Gasteiger partial charge in [-0.25, -0.2) is 0 Å². The van der Waals surface area contributed by atoms with Crippen LogP contribution in [0.1, 0.15) is 0 Å². The van der Waals surface area contributed by atoms with Gasteiger partial charge in [0, 0.05) is 14.6 Å². The summed E-state index contributed by atoms with van der Waals surface area (Å²) >= 11 is 0. The summed E-state index contributed by atoms with van der Waals surface area (Å²) in [7, 11) is 0. The largest absolute Gasteiger partial charge is 0.322 e. The van der Waals surface area contributed by atoms with Crippen molar-refractivity contribution in [3.05, 3.63) is 63.4 Å². The lowest BCUT2D eigenvalue weighted by molar-refractivity contribution is -0.575. The van der Waals surface area contributed by atoms with E-state index in [0.29, 0.717) is 6.07 Å². The zero-order valence-electron chi connectivity index (χ0n) is 14.4. The fourth-order valence-electron chi connectivity index (χ4n) is 2.94. The second kappa shape index (κ2) is 6.48. The molecule has 0 atom stereocenters. The highest BCUT2D eigenvalue weighted by atomic mass is 16.6. The smallest absolute Gasteiger partial charge is 0.258 e. The molecule has 0 amide bonds. The molecular formula is C11H3N14O6+. The molecule has 31 heavy (non-hydrogen) atoms. The number of pyridine rings is 1. The standard InChI is InChI=1S/C11H3N14O6/c12-19-15-7-8-11(14-10(16-20-13)9(7)24(30)31)21-4-1-3(22(26)27)2-5(23(28)29)6(4)17-25(21)18-8/h1-2H,(H,17,18)/q+1. The number of azide groups is 2. The maximum absolute atomic E-state index is 11.4. The molecule has 152 valence electrons. The number of nitro benzene ring substituents is 2. The SMILES string of the molecule is [N-]=[N+]=Nc1nc2c([nH]n3nc4c([N+](=O)[O-])cc([N+](=O)[O-])cc4[n+]23)c(N=[N+]=[N-])c1[N+](=O)[O-]. The van der Waals surface area contributed by atoms with Gasteiger partial charge >= 0.3 is 11.4 Å². The van der Waals surface area contributed by atoms with Gasteiger partial charge in [0.25, 0.3) is 22.7 Å². The number of fused-ring (bicyclic) bond motifs is 5. The molecule has 0 aliphatic rings. The average molecular weight is 427 g/mol. The number of hydrogen-bond acceptors (Lipinski definition) is 10. The molecule has 3 aromatic heterocycles. The molecule has 4 aromatic rings. The summed E-state index contributed by atoms with van der Waals surface area (Å²) < 4.78 is 1.85. The van der Waals surface area contributed by atoms with Gasteiger partial charge < -0.3 is 0 Å². The summed E-state index contributed by atoms with van der Waals surface area (Å²) in [5.74, 6) is -0.773. The second-order valence-electron chi connectivity index (χ2n) is 5.63. The van der Waals surface area contributed by atoms with Crippen LogP contribution >= 0.6 is 0 Å². The van der Waals surface area contributed by atoms with E-state index < -0.39 is 43.3 Å². The average Bonchev–Trinajstić information content (AvgIpc) is 3.23. The summed E-state index contributed by atoms with van der Waals surface area (Å²) in [6.07, 6.45) is 0. The van der Waals surface area contributed by atoms with Gasteiger partial charge in [-0.15, -0.1) is 9.50 Å². The van der Waals surface area contributed by atoms with Gasteiger partial charge in [0.2, 0.25) is 0 Å². The number of hydrogen-bond donors (Lipinski definition) is 1. The van der Waals surface area contributed by atoms with Crippen LogP contribution in [-0.4, -0.2) is 34.7 Å². The van der Waals surface area contributed by atoms with Gasteiger partial charge in [-0.05, 0) is 26.4 Å². The van der Waals surface area contributed by atoms with Crippen molar-refractivity contribution < 1.29 is 19.3 Å². The van der Waals surface area contributed by atoms with Gasteiger partial charge in [0.15, 0.2) is 16.7 Å². The molecule has 0 unspecified atom stereocenters. The van der Waals surface area contributed by atoms with E-state index in [2.05, 4.69) is 35.2 Å². The number of aromatic nitrogens is 5. The van der Waals surface area contributed by atoms with Crippen molar-refractivity contribution in [3.63, 3.8) is 0 Å². The number of benzene rings is 1. The Morgan fingerprint density at radius 3 is 2.35 bits per heavy atom. The lowest BCUT2D eigenvalue weighted by atomic mass is 10.2. The van der Waals surface area contributed by atoms with Crippen molar-refractivity contribution in [2.24, 2.45) is 10.2 Å². The first-order valence-corrected chi connectivity index (χ1v) is 7.66. The van der Waals surface area contributed by atoms with Gasteiger partial charge in [0.1, 0.15) is 0 Å². The third kappa shape index (κ3) is 2.61. The Bertz CT molecular complexity index is 1590. The summed E-state index contributed by atoms with van der Waals surface area (Å²) in [6.45, 7) is 0. The minimum Gasteiger partial charge on any atom is -0.258 e. The van der Waals surface area contributed by atoms with Crippen LogP contribution in [0.4, 0.5) is 28.6 Å². The van der Waals surface area contributed by atoms with E-state index >= 15 is 0 Å². The van der Waals surface area contributed by atoms with Crippen molar-refractivity contribution in [1.82, 2.24) is 19.9 Å². The van der Waals surface area contributed by atoms with Crippen molar-refractivity contribution >= 4 is 50.8 Å². The molecule has 0 radical (unpaired) electrons. The number of aromatic amines is 1. The molecule has 3 heterocycles. The second-order valence-corrected chi connectivity index (χ2v) is 5.63. The monoisotopic (exact) mass is 427 g/mol. The van der Waals surface area contributed by atoms with Crippen molar-refractivity contribution in [2.75, 3.05) is 0 Å². The molecule has 20 heteroatoms. The Morgan fingerprint density at radius 1 is 1.06 bits per heavy atom. The van der Waals surface area contributed by atoms with Crippen molar-refractivity contribution in [1.29, 1.82) is 0 Å². The number of rotatable bonds is 5. The van der Waals surface area contributed by atoms with E-state index in [4.69, 9.17) is 11.1 Å². The van der Waals surface area contributed by atoms with Crippen LogP contribution in [0.3, 0.4) is 0 Å². The summed E-state index contributed by atoms with van der Waals surface area (Å²) in [6, 6.07) is 1.68. The summed E-state index contributed by atoms with van der Waals surface area (Å²) in [5.41, 5.74) is 13.7. The van der Waals surface area contributed by atoms with E-state index in [1.54, 1.807) is 0 Å². The predicted molar refractivity (Wildman–Crippen MR) is 95.6 cm³/mol. The Kier molecular flexibility index (Phi) is 3.92. The molecule has 1 N–H and O–H groups in total. The zero-order valence-corrected chi connectivity index (χ0v) is 14.4. The number of nitro groups is 3. The first-order valence-electron chi connectivity index (χ1n) is 7.66. The van der Waals surface area contributed by atoms with Crippen LogP contribution in [0, 0.1) is 30.3 Å². The lowest BCUT2D eigenvalue weighted by Gasteiger charge is -1.97. The number of non-ortho nitro benzene ring substituents is 2.